The van der Waals surface area contributed by atoms with Crippen molar-refractivity contribution in [2.45, 2.75) is 26.3 Å². The minimum atomic E-state index is -0.192. The van der Waals surface area contributed by atoms with Crippen molar-refractivity contribution in [2.75, 3.05) is 7.11 Å². The number of hydrogen-bond acceptors (Lipinski definition) is 6. The van der Waals surface area contributed by atoms with Crippen LogP contribution in [0.3, 0.4) is 0 Å². The molecule has 1 N–H and O–H groups in total. The summed E-state index contributed by atoms with van der Waals surface area (Å²) in [4.78, 5) is 20.5. The zero-order valence-electron chi connectivity index (χ0n) is 16.1. The van der Waals surface area contributed by atoms with Crippen LogP contribution in [0.2, 0.25) is 0 Å². The lowest BCUT2D eigenvalue weighted by Gasteiger charge is -2.07. The maximum atomic E-state index is 12.9. The molecule has 0 aliphatic heterocycles. The van der Waals surface area contributed by atoms with Crippen molar-refractivity contribution in [3.05, 3.63) is 58.4 Å². The van der Waals surface area contributed by atoms with Gasteiger partial charge in [0.25, 0.3) is 11.3 Å². The lowest BCUT2D eigenvalue weighted by atomic mass is 10.1. The highest BCUT2D eigenvalue weighted by molar-refractivity contribution is 5.84. The van der Waals surface area contributed by atoms with Gasteiger partial charge in [0.05, 0.1) is 7.11 Å². The van der Waals surface area contributed by atoms with Gasteiger partial charge >= 0.3 is 0 Å². The summed E-state index contributed by atoms with van der Waals surface area (Å²) in [5.41, 5.74) is 2.87. The quantitative estimate of drug-likeness (QED) is 0.494. The third-order valence-corrected chi connectivity index (χ3v) is 5.13. The van der Waals surface area contributed by atoms with E-state index in [2.05, 4.69) is 25.3 Å². The average molecular weight is 389 g/mol. The minimum Gasteiger partial charge on any atom is -0.497 e. The molecule has 1 aromatic carbocycles. The van der Waals surface area contributed by atoms with Crippen LogP contribution in [0, 0.1) is 0 Å². The number of ether oxygens (including phenoxy) is 1. The molecular weight excluding hydrogens is 370 g/mol. The van der Waals surface area contributed by atoms with Gasteiger partial charge in [-0.3, -0.25) is 4.79 Å². The van der Waals surface area contributed by atoms with Gasteiger partial charge in [0.1, 0.15) is 11.3 Å². The first-order valence-electron chi connectivity index (χ1n) is 9.43. The molecular formula is C20H19N7O2. The Morgan fingerprint density at radius 2 is 2.10 bits per heavy atom. The molecule has 0 spiro atoms. The fraction of sp³-hybridized carbons (Fsp3) is 0.250. The third-order valence-electron chi connectivity index (χ3n) is 5.13. The number of benzene rings is 1. The van der Waals surface area contributed by atoms with E-state index in [0.717, 1.165) is 22.2 Å². The van der Waals surface area contributed by atoms with Crippen molar-refractivity contribution < 1.29 is 4.74 Å². The second-order valence-corrected chi connectivity index (χ2v) is 6.82. The van der Waals surface area contributed by atoms with E-state index in [0.29, 0.717) is 36.5 Å². The number of pyridine rings is 1. The Labute approximate surface area is 165 Å². The number of rotatable bonds is 5. The van der Waals surface area contributed by atoms with Crippen LogP contribution in [-0.4, -0.2) is 41.5 Å². The van der Waals surface area contributed by atoms with E-state index < -0.39 is 0 Å². The topological polar surface area (TPSA) is 103 Å². The van der Waals surface area contributed by atoms with E-state index in [1.165, 1.54) is 0 Å². The van der Waals surface area contributed by atoms with Gasteiger partial charge in [-0.25, -0.2) is 0 Å². The molecule has 0 radical (unpaired) electrons. The predicted octanol–water partition coefficient (Wildman–Crippen LogP) is 2.13. The first-order chi connectivity index (χ1) is 14.2. The zero-order chi connectivity index (χ0) is 20.0. The average Bonchev–Trinajstić information content (AvgIpc) is 3.36. The summed E-state index contributed by atoms with van der Waals surface area (Å²) in [6.45, 7) is 2.49. The van der Waals surface area contributed by atoms with Crippen molar-refractivity contribution in [3.8, 4) is 5.75 Å². The van der Waals surface area contributed by atoms with Crippen molar-refractivity contribution in [1.82, 2.24) is 34.3 Å². The van der Waals surface area contributed by atoms with Crippen molar-refractivity contribution in [1.29, 1.82) is 0 Å². The molecule has 0 aliphatic carbocycles. The van der Waals surface area contributed by atoms with Crippen LogP contribution in [0.25, 0.3) is 27.7 Å². The summed E-state index contributed by atoms with van der Waals surface area (Å²) < 4.78 is 8.56. The van der Waals surface area contributed by atoms with Crippen molar-refractivity contribution >= 4 is 27.7 Å². The second-order valence-electron chi connectivity index (χ2n) is 6.82. The number of hydrogen-bond donors (Lipinski definition) is 1. The van der Waals surface area contributed by atoms with Crippen LogP contribution in [0.1, 0.15) is 18.3 Å². The molecule has 4 aromatic heterocycles. The first-order valence-corrected chi connectivity index (χ1v) is 9.43. The number of aromatic amines is 1. The van der Waals surface area contributed by atoms with E-state index >= 15 is 0 Å². The molecule has 0 amide bonds. The molecule has 0 fully saturated rings. The van der Waals surface area contributed by atoms with Crippen LogP contribution in [0.5, 0.6) is 5.75 Å². The number of H-pyrrole nitrogens is 1. The second kappa shape index (κ2) is 6.69. The molecule has 0 saturated carbocycles. The van der Waals surface area contributed by atoms with Gasteiger partial charge < -0.3 is 14.3 Å². The fourth-order valence-corrected chi connectivity index (χ4v) is 3.54. The Morgan fingerprint density at radius 1 is 1.21 bits per heavy atom. The monoisotopic (exact) mass is 389 g/mol. The molecule has 0 bridgehead atoms. The Kier molecular flexibility index (Phi) is 4.01. The number of nitrogens with zero attached hydrogens (tertiary/aromatic N) is 6. The Bertz CT molecular complexity index is 1410. The first kappa shape index (κ1) is 17.4. The highest BCUT2D eigenvalue weighted by Crippen LogP contribution is 2.24. The summed E-state index contributed by atoms with van der Waals surface area (Å²) >= 11 is 0. The summed E-state index contributed by atoms with van der Waals surface area (Å²) in [6.07, 6.45) is 5.13. The molecule has 9 heteroatoms. The number of methoxy groups -OCH3 is 1. The highest BCUT2D eigenvalue weighted by Gasteiger charge is 2.13. The van der Waals surface area contributed by atoms with Gasteiger partial charge in [-0.15, -0.1) is 15.3 Å². The largest absolute Gasteiger partial charge is 0.497 e. The Morgan fingerprint density at radius 3 is 2.93 bits per heavy atom. The molecule has 29 heavy (non-hydrogen) atoms. The Hall–Kier alpha value is -3.75. The molecule has 0 atom stereocenters. The summed E-state index contributed by atoms with van der Waals surface area (Å²) in [5.74, 6) is 1.88. The van der Waals surface area contributed by atoms with E-state index in [1.54, 1.807) is 22.4 Å². The van der Waals surface area contributed by atoms with Crippen LogP contribution in [-0.2, 0) is 19.4 Å². The lowest BCUT2D eigenvalue weighted by molar-refractivity contribution is 0.415. The number of nitrogens with one attached hydrogen (secondary N) is 1. The molecule has 146 valence electrons. The van der Waals surface area contributed by atoms with Crippen molar-refractivity contribution in [2.24, 2.45) is 0 Å². The standard InChI is InChI=1S/C20H19N7O2/c1-3-17-22-20-24-23-18-16(27(20)25-17)7-9-26(19(18)28)8-6-12-11-21-15-5-4-13(29-2)10-14(12)15/h4-5,7,9-11,21H,3,6,8H2,1-2H3. The van der Waals surface area contributed by atoms with E-state index in [1.807, 2.05) is 37.4 Å². The maximum absolute atomic E-state index is 12.9. The maximum Gasteiger partial charge on any atom is 0.280 e. The molecule has 0 unspecified atom stereocenters. The van der Waals surface area contributed by atoms with Gasteiger partial charge in [-0.2, -0.15) is 9.50 Å². The van der Waals surface area contributed by atoms with Crippen LogP contribution in [0.4, 0.5) is 0 Å². The normalized spacial score (nSPS) is 11.7. The van der Waals surface area contributed by atoms with E-state index in [-0.39, 0.29) is 11.1 Å². The van der Waals surface area contributed by atoms with Crippen LogP contribution < -0.4 is 10.3 Å². The summed E-state index contributed by atoms with van der Waals surface area (Å²) in [7, 11) is 1.65. The summed E-state index contributed by atoms with van der Waals surface area (Å²) in [6, 6.07) is 7.75. The van der Waals surface area contributed by atoms with Gasteiger partial charge in [0.15, 0.2) is 11.3 Å². The smallest absolute Gasteiger partial charge is 0.280 e. The van der Waals surface area contributed by atoms with Gasteiger partial charge in [0, 0.05) is 36.3 Å². The van der Waals surface area contributed by atoms with Gasteiger partial charge in [0.2, 0.25) is 0 Å². The molecule has 0 saturated heterocycles. The SMILES string of the molecule is CCc1nc2nnc3c(=O)n(CCc4c[nH]c5ccc(OC)cc45)ccc3n2n1. The van der Waals surface area contributed by atoms with E-state index in [4.69, 9.17) is 4.74 Å². The third kappa shape index (κ3) is 2.82. The molecule has 5 aromatic rings. The molecule has 0 aliphatic rings. The van der Waals surface area contributed by atoms with Crippen LogP contribution in [0.15, 0.2) is 41.5 Å². The molecule has 4 heterocycles. The van der Waals surface area contributed by atoms with E-state index in [9.17, 15) is 4.79 Å². The van der Waals surface area contributed by atoms with Crippen LogP contribution >= 0.6 is 0 Å². The van der Waals surface area contributed by atoms with Crippen molar-refractivity contribution in [3.63, 3.8) is 0 Å². The summed E-state index contributed by atoms with van der Waals surface area (Å²) in [5, 5.41) is 13.7. The zero-order valence-corrected chi connectivity index (χ0v) is 16.1. The molecule has 9 nitrogen and oxygen atoms in total. The molecule has 5 rings (SSSR count). The number of aryl methyl sites for hydroxylation is 3. The minimum absolute atomic E-state index is 0.192. The van der Waals surface area contributed by atoms with Gasteiger partial charge in [-0.1, -0.05) is 6.92 Å². The fourth-order valence-electron chi connectivity index (χ4n) is 3.54. The number of fused-ring (bicyclic) bond motifs is 4. The Balaban J connectivity index is 1.50. The lowest BCUT2D eigenvalue weighted by Crippen LogP contribution is -2.22. The predicted molar refractivity (Wildman–Crippen MR) is 108 cm³/mol. The van der Waals surface area contributed by atoms with Gasteiger partial charge in [-0.05, 0) is 36.2 Å². The highest BCUT2D eigenvalue weighted by atomic mass is 16.5. The number of aromatic nitrogens is 7.